The highest BCUT2D eigenvalue weighted by Crippen LogP contribution is 2.39. The minimum atomic E-state index is -2.42. The molecule has 1 aliphatic rings. The molecule has 31 heavy (non-hydrogen) atoms. The smallest absolute Gasteiger partial charge is 0.331 e. The largest absolute Gasteiger partial charge is 0.508 e. The number of aliphatic hydroxyl groups excluding tert-OH is 4. The molecule has 2 aromatic carbocycles. The summed E-state index contributed by atoms with van der Waals surface area (Å²) in [5.41, 5.74) is -1.48. The summed E-state index contributed by atoms with van der Waals surface area (Å²) >= 11 is 0. The normalized spacial score (nSPS) is 28.5. The average molecular weight is 432 g/mol. The Morgan fingerprint density at radius 2 is 1.77 bits per heavy atom. The molecule has 1 heterocycles. The second-order valence-corrected chi connectivity index (χ2v) is 7.16. The monoisotopic (exact) mass is 432 g/mol. The van der Waals surface area contributed by atoms with Crippen molar-refractivity contribution in [3.63, 3.8) is 0 Å². The first-order chi connectivity index (χ1) is 14.8. The molecule has 5 atom stereocenters. The van der Waals surface area contributed by atoms with Crippen molar-refractivity contribution in [2.24, 2.45) is 0 Å². The zero-order valence-corrected chi connectivity index (χ0v) is 16.4. The van der Waals surface area contributed by atoms with Gasteiger partial charge in [-0.1, -0.05) is 36.4 Å². The maximum atomic E-state index is 12.1. The van der Waals surface area contributed by atoms with E-state index in [1.807, 2.05) is 0 Å². The van der Waals surface area contributed by atoms with Gasteiger partial charge in [0.15, 0.2) is 11.9 Å². The van der Waals surface area contributed by atoms with E-state index in [-0.39, 0.29) is 23.5 Å². The lowest BCUT2D eigenvalue weighted by molar-refractivity contribution is -0.335. The number of ether oxygens (including phenoxy) is 2. The van der Waals surface area contributed by atoms with Crippen LogP contribution in [0.2, 0.25) is 0 Å². The predicted octanol–water partition coefficient (Wildman–Crippen LogP) is -0.232. The van der Waals surface area contributed by atoms with Crippen LogP contribution in [0, 0.1) is 0 Å². The van der Waals surface area contributed by atoms with Crippen LogP contribution in [0.25, 0.3) is 6.08 Å². The Morgan fingerprint density at radius 1 is 1.10 bits per heavy atom. The second kappa shape index (κ2) is 9.56. The van der Waals surface area contributed by atoms with Gasteiger partial charge < -0.3 is 40.1 Å². The highest BCUT2D eigenvalue weighted by Gasteiger charge is 2.55. The number of esters is 1. The Hall–Kier alpha value is -2.79. The third-order valence-electron chi connectivity index (χ3n) is 5.14. The number of phenolic OH excluding ortho intramolecular Hbond substituents is 1. The van der Waals surface area contributed by atoms with E-state index in [0.717, 1.165) is 0 Å². The summed E-state index contributed by atoms with van der Waals surface area (Å²) in [5.74, 6) is -0.586. The first kappa shape index (κ1) is 22.9. The number of hydrogen-bond donors (Lipinski definition) is 6. The Balaban J connectivity index is 1.76. The van der Waals surface area contributed by atoms with E-state index in [1.54, 1.807) is 18.2 Å². The maximum absolute atomic E-state index is 12.1. The third-order valence-corrected chi connectivity index (χ3v) is 5.14. The molecular weight excluding hydrogens is 408 g/mol. The van der Waals surface area contributed by atoms with Crippen LogP contribution in [0.3, 0.4) is 0 Å². The summed E-state index contributed by atoms with van der Waals surface area (Å²) in [4.78, 5) is 12.1. The van der Waals surface area contributed by atoms with Crippen molar-refractivity contribution < 1.29 is 44.9 Å². The summed E-state index contributed by atoms with van der Waals surface area (Å²) in [5, 5.41) is 60.5. The van der Waals surface area contributed by atoms with Crippen molar-refractivity contribution in [3.05, 3.63) is 71.3 Å². The van der Waals surface area contributed by atoms with Crippen LogP contribution in [-0.2, 0) is 26.5 Å². The molecule has 1 fully saturated rings. The summed E-state index contributed by atoms with van der Waals surface area (Å²) in [7, 11) is 0. The van der Waals surface area contributed by atoms with Gasteiger partial charge in [0, 0.05) is 6.08 Å². The number of carbonyl (C=O) groups is 1. The van der Waals surface area contributed by atoms with Crippen molar-refractivity contribution in [2.75, 3.05) is 6.61 Å². The molecule has 1 saturated heterocycles. The van der Waals surface area contributed by atoms with Crippen LogP contribution >= 0.6 is 0 Å². The SMILES string of the molecule is O=C(/C=C/c1ccc(O)cc1)OCc1ccccc1[C@]1(O)[C@H](O)O[C@H](CO)[C@@H](O)[C@@H]1O. The van der Waals surface area contributed by atoms with E-state index in [0.29, 0.717) is 5.56 Å². The molecule has 0 radical (unpaired) electrons. The fourth-order valence-corrected chi connectivity index (χ4v) is 3.39. The summed E-state index contributed by atoms with van der Waals surface area (Å²) in [6.07, 6.45) is -4.08. The van der Waals surface area contributed by atoms with Gasteiger partial charge in [-0.25, -0.2) is 4.79 Å². The van der Waals surface area contributed by atoms with Crippen molar-refractivity contribution in [1.29, 1.82) is 0 Å². The molecule has 0 saturated carbocycles. The maximum Gasteiger partial charge on any atom is 0.331 e. The van der Waals surface area contributed by atoms with Crippen LogP contribution in [0.15, 0.2) is 54.6 Å². The Kier molecular flexibility index (Phi) is 7.06. The topological polar surface area (TPSA) is 157 Å². The van der Waals surface area contributed by atoms with E-state index in [9.17, 15) is 35.4 Å². The molecule has 9 heteroatoms. The quantitative estimate of drug-likeness (QED) is 0.268. The highest BCUT2D eigenvalue weighted by molar-refractivity contribution is 5.87. The summed E-state index contributed by atoms with van der Waals surface area (Å²) in [6, 6.07) is 12.2. The number of aromatic hydroxyl groups is 1. The zero-order valence-electron chi connectivity index (χ0n) is 16.4. The first-order valence-electron chi connectivity index (χ1n) is 9.52. The van der Waals surface area contributed by atoms with Gasteiger partial charge in [0.1, 0.15) is 30.7 Å². The van der Waals surface area contributed by atoms with E-state index in [4.69, 9.17) is 9.47 Å². The number of hydrogen-bond acceptors (Lipinski definition) is 9. The van der Waals surface area contributed by atoms with Gasteiger partial charge in [0.2, 0.25) is 0 Å². The van der Waals surface area contributed by atoms with Crippen molar-refractivity contribution >= 4 is 12.0 Å². The molecule has 166 valence electrons. The molecule has 0 amide bonds. The van der Waals surface area contributed by atoms with Crippen molar-refractivity contribution in [3.8, 4) is 5.75 Å². The van der Waals surface area contributed by atoms with Crippen molar-refractivity contribution in [1.82, 2.24) is 0 Å². The molecule has 9 nitrogen and oxygen atoms in total. The highest BCUT2D eigenvalue weighted by atomic mass is 16.6. The summed E-state index contributed by atoms with van der Waals surface area (Å²) in [6.45, 7) is -0.964. The van der Waals surface area contributed by atoms with E-state index >= 15 is 0 Å². The van der Waals surface area contributed by atoms with Crippen molar-refractivity contribution in [2.45, 2.75) is 36.8 Å². The molecule has 1 aliphatic heterocycles. The van der Waals surface area contributed by atoms with E-state index in [2.05, 4.69) is 0 Å². The van der Waals surface area contributed by atoms with Crippen LogP contribution in [0.5, 0.6) is 5.75 Å². The first-order valence-corrected chi connectivity index (χ1v) is 9.52. The predicted molar refractivity (Wildman–Crippen MR) is 107 cm³/mol. The number of benzene rings is 2. The molecule has 2 aromatic rings. The molecule has 3 rings (SSSR count). The van der Waals surface area contributed by atoms with Gasteiger partial charge in [0.25, 0.3) is 0 Å². The number of carbonyl (C=O) groups excluding carboxylic acids is 1. The number of rotatable bonds is 6. The van der Waals surface area contributed by atoms with Gasteiger partial charge in [-0.3, -0.25) is 0 Å². The van der Waals surface area contributed by atoms with E-state index in [1.165, 1.54) is 42.5 Å². The van der Waals surface area contributed by atoms with E-state index < -0.39 is 42.8 Å². The van der Waals surface area contributed by atoms with Gasteiger partial charge >= 0.3 is 5.97 Å². The van der Waals surface area contributed by atoms with Crippen LogP contribution in [-0.4, -0.2) is 67.8 Å². The zero-order chi connectivity index (χ0) is 22.6. The lowest BCUT2D eigenvalue weighted by Crippen LogP contribution is -2.64. The molecule has 0 spiro atoms. The molecule has 0 aliphatic carbocycles. The second-order valence-electron chi connectivity index (χ2n) is 7.16. The minimum Gasteiger partial charge on any atom is -0.508 e. The Bertz CT molecular complexity index is 927. The number of phenols is 1. The average Bonchev–Trinajstić information content (AvgIpc) is 2.78. The standard InChI is InChI=1S/C22H24O9/c23-11-17-19(26)20(27)22(29,21(28)31-17)16-4-2-1-3-14(16)12-30-18(25)10-7-13-5-8-15(24)9-6-13/h1-10,17,19-21,23-24,26-29H,11-12H2/b10-7+/t17-,19-,20+,21-,22-/m1/s1. The molecule has 0 unspecified atom stereocenters. The number of aliphatic hydroxyl groups is 5. The van der Waals surface area contributed by atoms with Gasteiger partial charge in [-0.2, -0.15) is 0 Å². The molecule has 6 N–H and O–H groups in total. The van der Waals surface area contributed by atoms with Gasteiger partial charge in [0.05, 0.1) is 6.61 Å². The molecule has 0 bridgehead atoms. The van der Waals surface area contributed by atoms with Crippen LogP contribution in [0.4, 0.5) is 0 Å². The molecular formula is C22H24O9. The third kappa shape index (κ3) is 4.77. The Morgan fingerprint density at radius 3 is 2.45 bits per heavy atom. The Labute approximate surface area is 178 Å². The minimum absolute atomic E-state index is 0.000698. The summed E-state index contributed by atoms with van der Waals surface area (Å²) < 4.78 is 10.3. The fraction of sp³-hybridized carbons (Fsp3) is 0.318. The van der Waals surface area contributed by atoms with Crippen LogP contribution in [0.1, 0.15) is 16.7 Å². The lowest BCUT2D eigenvalue weighted by Gasteiger charge is -2.46. The lowest BCUT2D eigenvalue weighted by atomic mass is 9.79. The molecule has 0 aromatic heterocycles. The van der Waals surface area contributed by atoms with Crippen LogP contribution < -0.4 is 0 Å². The fourth-order valence-electron chi connectivity index (χ4n) is 3.39. The van der Waals surface area contributed by atoms with Gasteiger partial charge in [-0.05, 0) is 34.9 Å². The van der Waals surface area contributed by atoms with Gasteiger partial charge in [-0.15, -0.1) is 0 Å².